The number of rotatable bonds is 5. The number of aromatic nitrogens is 7. The molecule has 8 heteroatoms. The van der Waals surface area contributed by atoms with Gasteiger partial charge in [0.15, 0.2) is 5.65 Å². The van der Waals surface area contributed by atoms with Gasteiger partial charge >= 0.3 is 0 Å². The second kappa shape index (κ2) is 7.70. The minimum Gasteiger partial charge on any atom is -0.308 e. The van der Waals surface area contributed by atoms with Gasteiger partial charge in [-0.3, -0.25) is 0 Å². The number of fused-ring (bicyclic) bond motifs is 1. The predicted molar refractivity (Wildman–Crippen MR) is 123 cm³/mol. The first-order valence-corrected chi connectivity index (χ1v) is 11.1. The van der Waals surface area contributed by atoms with E-state index in [2.05, 4.69) is 82.4 Å². The Balaban J connectivity index is 1.50. The highest BCUT2D eigenvalue weighted by Crippen LogP contribution is 2.37. The van der Waals surface area contributed by atoms with Crippen molar-refractivity contribution in [2.75, 3.05) is 0 Å². The molecular formula is C23H23N7S. The van der Waals surface area contributed by atoms with Gasteiger partial charge in [-0.15, -0.1) is 21.5 Å². The van der Waals surface area contributed by atoms with Gasteiger partial charge in [0, 0.05) is 22.6 Å². The maximum absolute atomic E-state index is 4.86. The molecule has 5 aromatic rings. The van der Waals surface area contributed by atoms with Crippen LogP contribution < -0.4 is 0 Å². The number of aryl methyl sites for hydroxylation is 4. The molecule has 0 spiro atoms. The Morgan fingerprint density at radius 3 is 2.55 bits per heavy atom. The summed E-state index contributed by atoms with van der Waals surface area (Å²) in [7, 11) is 0. The van der Waals surface area contributed by atoms with Crippen molar-refractivity contribution in [2.45, 2.75) is 40.7 Å². The zero-order valence-corrected chi connectivity index (χ0v) is 18.8. The lowest BCUT2D eigenvalue weighted by Crippen LogP contribution is -2.05. The minimum atomic E-state index is 0.631. The van der Waals surface area contributed by atoms with Crippen LogP contribution in [0.1, 0.15) is 34.4 Å². The second-order valence-corrected chi connectivity index (χ2v) is 9.01. The Hall–Kier alpha value is -3.39. The Kier molecular flexibility index (Phi) is 4.86. The van der Waals surface area contributed by atoms with Crippen LogP contribution in [0.3, 0.4) is 0 Å². The first-order valence-electron chi connectivity index (χ1n) is 10.3. The SMILES string of the molecule is CCc1nc2c(C)cc(C)nc2n1Cc1ccc(-c2cc(C)sc2-c2nn[nH]n2)cc1. The van der Waals surface area contributed by atoms with Crippen molar-refractivity contribution >= 4 is 22.5 Å². The van der Waals surface area contributed by atoms with Crippen LogP contribution in [-0.4, -0.2) is 35.2 Å². The highest BCUT2D eigenvalue weighted by atomic mass is 32.1. The molecule has 0 unspecified atom stereocenters. The van der Waals surface area contributed by atoms with E-state index in [0.29, 0.717) is 5.82 Å². The van der Waals surface area contributed by atoms with Crippen molar-refractivity contribution in [1.82, 2.24) is 35.2 Å². The Bertz CT molecular complexity index is 1360. The summed E-state index contributed by atoms with van der Waals surface area (Å²) in [5.41, 5.74) is 7.64. The smallest absolute Gasteiger partial charge is 0.215 e. The molecule has 0 saturated heterocycles. The van der Waals surface area contributed by atoms with E-state index in [0.717, 1.165) is 51.7 Å². The first-order chi connectivity index (χ1) is 15.0. The lowest BCUT2D eigenvalue weighted by atomic mass is 10.0. The summed E-state index contributed by atoms with van der Waals surface area (Å²) in [4.78, 5) is 11.9. The number of imidazole rings is 1. The van der Waals surface area contributed by atoms with Gasteiger partial charge < -0.3 is 4.57 Å². The van der Waals surface area contributed by atoms with E-state index < -0.39 is 0 Å². The number of pyridine rings is 1. The van der Waals surface area contributed by atoms with Crippen molar-refractivity contribution < 1.29 is 0 Å². The molecule has 0 saturated carbocycles. The summed E-state index contributed by atoms with van der Waals surface area (Å²) in [6, 6.07) is 13.0. The van der Waals surface area contributed by atoms with Crippen molar-refractivity contribution in [3.63, 3.8) is 0 Å². The fourth-order valence-electron chi connectivity index (χ4n) is 4.01. The first kappa shape index (κ1) is 19.6. The highest BCUT2D eigenvalue weighted by molar-refractivity contribution is 7.16. The van der Waals surface area contributed by atoms with E-state index in [-0.39, 0.29) is 0 Å². The molecule has 4 heterocycles. The Morgan fingerprint density at radius 1 is 1.03 bits per heavy atom. The zero-order chi connectivity index (χ0) is 21.5. The third kappa shape index (κ3) is 3.53. The lowest BCUT2D eigenvalue weighted by Gasteiger charge is -2.09. The fraction of sp³-hybridized carbons (Fsp3) is 0.261. The number of hydrogen-bond donors (Lipinski definition) is 1. The maximum atomic E-state index is 4.86. The van der Waals surface area contributed by atoms with Crippen molar-refractivity contribution in [3.05, 3.63) is 63.9 Å². The van der Waals surface area contributed by atoms with Crippen molar-refractivity contribution in [3.8, 4) is 21.8 Å². The molecule has 0 amide bonds. The molecule has 1 aromatic carbocycles. The minimum absolute atomic E-state index is 0.631. The average Bonchev–Trinajstić information content (AvgIpc) is 3.48. The summed E-state index contributed by atoms with van der Waals surface area (Å²) in [6.45, 7) is 9.12. The molecular weight excluding hydrogens is 406 g/mol. The molecule has 0 radical (unpaired) electrons. The Labute approximate surface area is 184 Å². The second-order valence-electron chi connectivity index (χ2n) is 7.75. The van der Waals surface area contributed by atoms with Crippen LogP contribution >= 0.6 is 11.3 Å². The summed E-state index contributed by atoms with van der Waals surface area (Å²) in [5.74, 6) is 1.69. The van der Waals surface area contributed by atoms with E-state index in [4.69, 9.17) is 9.97 Å². The summed E-state index contributed by atoms with van der Waals surface area (Å²) >= 11 is 1.68. The number of thiophene rings is 1. The van der Waals surface area contributed by atoms with Crippen LogP contribution in [0, 0.1) is 20.8 Å². The maximum Gasteiger partial charge on any atom is 0.215 e. The fourth-order valence-corrected chi connectivity index (χ4v) is 4.97. The molecule has 4 aromatic heterocycles. The third-order valence-corrected chi connectivity index (χ3v) is 6.47. The monoisotopic (exact) mass is 429 g/mol. The number of tetrazole rings is 1. The highest BCUT2D eigenvalue weighted by Gasteiger charge is 2.16. The Morgan fingerprint density at radius 2 is 1.84 bits per heavy atom. The van der Waals surface area contributed by atoms with Crippen LogP contribution in [-0.2, 0) is 13.0 Å². The quantitative estimate of drug-likeness (QED) is 0.430. The normalized spacial score (nSPS) is 11.5. The van der Waals surface area contributed by atoms with E-state index in [1.165, 1.54) is 16.0 Å². The van der Waals surface area contributed by atoms with Crippen LogP contribution in [0.4, 0.5) is 0 Å². The van der Waals surface area contributed by atoms with Gasteiger partial charge in [0.1, 0.15) is 11.3 Å². The third-order valence-electron chi connectivity index (χ3n) is 5.43. The van der Waals surface area contributed by atoms with Crippen LogP contribution in [0.25, 0.3) is 33.0 Å². The molecule has 5 rings (SSSR count). The average molecular weight is 430 g/mol. The topological polar surface area (TPSA) is 85.2 Å². The van der Waals surface area contributed by atoms with Crippen LogP contribution in [0.2, 0.25) is 0 Å². The number of nitrogens with one attached hydrogen (secondary N) is 1. The molecule has 31 heavy (non-hydrogen) atoms. The van der Waals surface area contributed by atoms with E-state index in [1.807, 2.05) is 6.92 Å². The van der Waals surface area contributed by atoms with Gasteiger partial charge in [-0.25, -0.2) is 9.97 Å². The molecule has 0 bridgehead atoms. The summed E-state index contributed by atoms with van der Waals surface area (Å²) in [6.07, 6.45) is 0.870. The molecule has 0 atom stereocenters. The number of H-pyrrole nitrogens is 1. The largest absolute Gasteiger partial charge is 0.308 e. The van der Waals surface area contributed by atoms with Gasteiger partial charge in [-0.05, 0) is 54.8 Å². The lowest BCUT2D eigenvalue weighted by molar-refractivity contribution is 0.745. The number of aromatic amines is 1. The molecule has 0 aliphatic heterocycles. The number of nitrogens with zero attached hydrogens (tertiary/aromatic N) is 6. The molecule has 156 valence electrons. The number of benzene rings is 1. The van der Waals surface area contributed by atoms with E-state index in [9.17, 15) is 0 Å². The van der Waals surface area contributed by atoms with Crippen molar-refractivity contribution in [2.24, 2.45) is 0 Å². The zero-order valence-electron chi connectivity index (χ0n) is 18.0. The summed E-state index contributed by atoms with van der Waals surface area (Å²) < 4.78 is 2.24. The van der Waals surface area contributed by atoms with Crippen LogP contribution in [0.5, 0.6) is 0 Å². The molecule has 1 N–H and O–H groups in total. The predicted octanol–water partition coefficient (Wildman–Crippen LogP) is 4.88. The van der Waals surface area contributed by atoms with Gasteiger partial charge in [0.05, 0.1) is 11.4 Å². The number of hydrogen-bond acceptors (Lipinski definition) is 6. The standard InChI is InChI=1S/C23H23N7S/c1-5-19-25-20-13(2)10-14(3)24-23(20)30(19)12-16-6-8-17(9-7-16)18-11-15(4)31-21(18)22-26-28-29-27-22/h6-11H,5,12H2,1-4H3,(H,26,27,28,29). The molecule has 0 aliphatic carbocycles. The molecule has 0 fully saturated rings. The van der Waals surface area contributed by atoms with Gasteiger partial charge in [0.25, 0.3) is 0 Å². The summed E-state index contributed by atoms with van der Waals surface area (Å²) in [5, 5.41) is 14.6. The van der Waals surface area contributed by atoms with E-state index >= 15 is 0 Å². The van der Waals surface area contributed by atoms with Gasteiger partial charge in [-0.2, -0.15) is 5.21 Å². The van der Waals surface area contributed by atoms with Gasteiger partial charge in [-0.1, -0.05) is 31.2 Å². The molecule has 7 nitrogen and oxygen atoms in total. The van der Waals surface area contributed by atoms with Crippen molar-refractivity contribution in [1.29, 1.82) is 0 Å². The van der Waals surface area contributed by atoms with Crippen LogP contribution in [0.15, 0.2) is 36.4 Å². The molecule has 0 aliphatic rings. The van der Waals surface area contributed by atoms with E-state index in [1.54, 1.807) is 11.3 Å². The van der Waals surface area contributed by atoms with Gasteiger partial charge in [0.2, 0.25) is 5.82 Å².